The SMILES string of the molecule is O=C(NCc1cc(F)ccc1Br)NCC1(O)CCC1. The van der Waals surface area contributed by atoms with Crippen LogP contribution in [0.3, 0.4) is 0 Å². The van der Waals surface area contributed by atoms with Gasteiger partial charge >= 0.3 is 6.03 Å². The molecule has 0 aromatic heterocycles. The smallest absolute Gasteiger partial charge is 0.315 e. The Bertz CT molecular complexity index is 478. The zero-order valence-electron chi connectivity index (χ0n) is 10.4. The zero-order valence-corrected chi connectivity index (χ0v) is 12.0. The number of benzene rings is 1. The molecule has 1 fully saturated rings. The lowest BCUT2D eigenvalue weighted by Gasteiger charge is -2.36. The summed E-state index contributed by atoms with van der Waals surface area (Å²) in [6, 6.07) is 3.95. The summed E-state index contributed by atoms with van der Waals surface area (Å²) >= 11 is 3.29. The summed E-state index contributed by atoms with van der Waals surface area (Å²) < 4.78 is 13.8. The molecule has 3 N–H and O–H groups in total. The minimum atomic E-state index is -0.739. The van der Waals surface area contributed by atoms with Crippen LogP contribution < -0.4 is 10.6 Å². The molecule has 1 aliphatic carbocycles. The fraction of sp³-hybridized carbons (Fsp3) is 0.462. The Morgan fingerprint density at radius 3 is 2.79 bits per heavy atom. The van der Waals surface area contributed by atoms with E-state index in [-0.39, 0.29) is 24.9 Å². The molecule has 0 bridgehead atoms. The van der Waals surface area contributed by atoms with Gasteiger partial charge in [-0.05, 0) is 43.0 Å². The monoisotopic (exact) mass is 330 g/mol. The van der Waals surface area contributed by atoms with Gasteiger partial charge in [0.2, 0.25) is 0 Å². The van der Waals surface area contributed by atoms with Crippen molar-refractivity contribution in [1.29, 1.82) is 0 Å². The van der Waals surface area contributed by atoms with Crippen LogP contribution in [-0.2, 0) is 6.54 Å². The first kappa shape index (κ1) is 14.3. The van der Waals surface area contributed by atoms with Gasteiger partial charge in [0, 0.05) is 17.6 Å². The van der Waals surface area contributed by atoms with E-state index in [2.05, 4.69) is 26.6 Å². The number of hydrogen-bond acceptors (Lipinski definition) is 2. The summed E-state index contributed by atoms with van der Waals surface area (Å²) in [4.78, 5) is 11.6. The van der Waals surface area contributed by atoms with Crippen LogP contribution in [0.25, 0.3) is 0 Å². The number of carbonyl (C=O) groups excluding carboxylic acids is 1. The third-order valence-corrected chi connectivity index (χ3v) is 4.08. The van der Waals surface area contributed by atoms with Crippen molar-refractivity contribution < 1.29 is 14.3 Å². The molecule has 2 rings (SSSR count). The Kier molecular flexibility index (Phi) is 4.42. The maximum atomic E-state index is 13.0. The predicted molar refractivity (Wildman–Crippen MR) is 73.1 cm³/mol. The molecule has 0 radical (unpaired) electrons. The van der Waals surface area contributed by atoms with Crippen molar-refractivity contribution in [3.05, 3.63) is 34.1 Å². The summed E-state index contributed by atoms with van der Waals surface area (Å²) in [6.45, 7) is 0.478. The van der Waals surface area contributed by atoms with Crippen LogP contribution in [0.2, 0.25) is 0 Å². The standard InChI is InChI=1S/C13H16BrFN2O2/c14-11-3-2-10(15)6-9(11)7-16-12(18)17-8-13(19)4-1-5-13/h2-3,6,19H,1,4-5,7-8H2,(H2,16,17,18). The van der Waals surface area contributed by atoms with Crippen molar-refractivity contribution >= 4 is 22.0 Å². The molecule has 1 aromatic carbocycles. The molecule has 104 valence electrons. The molecule has 1 saturated carbocycles. The number of halogens is 2. The van der Waals surface area contributed by atoms with Crippen molar-refractivity contribution in [2.75, 3.05) is 6.54 Å². The number of amides is 2. The molecular formula is C13H16BrFN2O2. The normalized spacial score (nSPS) is 16.6. The molecule has 0 spiro atoms. The van der Waals surface area contributed by atoms with Gasteiger partial charge < -0.3 is 15.7 Å². The second kappa shape index (κ2) is 5.88. The lowest BCUT2D eigenvalue weighted by molar-refractivity contribution is -0.0290. The van der Waals surface area contributed by atoms with Gasteiger partial charge in [-0.15, -0.1) is 0 Å². The first-order chi connectivity index (χ1) is 8.98. The molecule has 0 heterocycles. The number of urea groups is 1. The molecule has 6 heteroatoms. The van der Waals surface area contributed by atoms with Crippen LogP contribution in [0.1, 0.15) is 24.8 Å². The van der Waals surface area contributed by atoms with Gasteiger partial charge in [0.05, 0.1) is 5.60 Å². The molecule has 1 aromatic rings. The van der Waals surface area contributed by atoms with Crippen molar-refractivity contribution in [2.45, 2.75) is 31.4 Å². The number of hydrogen-bond donors (Lipinski definition) is 3. The Labute approximate surface area is 119 Å². The second-order valence-electron chi connectivity index (χ2n) is 4.85. The summed E-state index contributed by atoms with van der Waals surface area (Å²) in [5.74, 6) is -0.343. The molecule has 0 saturated heterocycles. The maximum Gasteiger partial charge on any atom is 0.315 e. The van der Waals surface area contributed by atoms with E-state index in [9.17, 15) is 14.3 Å². The number of carbonyl (C=O) groups is 1. The Morgan fingerprint density at radius 2 is 2.16 bits per heavy atom. The third kappa shape index (κ3) is 3.91. The summed E-state index contributed by atoms with van der Waals surface area (Å²) in [7, 11) is 0. The average molecular weight is 331 g/mol. The highest BCUT2D eigenvalue weighted by atomic mass is 79.9. The molecule has 1 aliphatic rings. The lowest BCUT2D eigenvalue weighted by atomic mass is 9.80. The second-order valence-corrected chi connectivity index (χ2v) is 5.70. The van der Waals surface area contributed by atoms with Gasteiger partial charge in [-0.1, -0.05) is 15.9 Å². The Hall–Kier alpha value is -1.14. The zero-order chi connectivity index (χ0) is 13.9. The fourth-order valence-electron chi connectivity index (χ4n) is 1.92. The minimum absolute atomic E-state index is 0.225. The molecular weight excluding hydrogens is 315 g/mol. The highest BCUT2D eigenvalue weighted by Gasteiger charge is 2.34. The van der Waals surface area contributed by atoms with Crippen LogP contribution in [0, 0.1) is 5.82 Å². The molecule has 0 unspecified atom stereocenters. The topological polar surface area (TPSA) is 61.4 Å². The van der Waals surface area contributed by atoms with Gasteiger partial charge in [-0.25, -0.2) is 9.18 Å². The summed E-state index contributed by atoms with van der Waals surface area (Å²) in [5, 5.41) is 15.1. The average Bonchev–Trinajstić information content (AvgIpc) is 2.35. The first-order valence-corrected chi connectivity index (χ1v) is 6.96. The van der Waals surface area contributed by atoms with Crippen LogP contribution in [-0.4, -0.2) is 23.3 Å². The van der Waals surface area contributed by atoms with E-state index < -0.39 is 5.60 Å². The van der Waals surface area contributed by atoms with E-state index in [4.69, 9.17) is 0 Å². The van der Waals surface area contributed by atoms with Crippen LogP contribution >= 0.6 is 15.9 Å². The molecule has 4 nitrogen and oxygen atoms in total. The van der Waals surface area contributed by atoms with Crippen LogP contribution in [0.4, 0.5) is 9.18 Å². The highest BCUT2D eigenvalue weighted by molar-refractivity contribution is 9.10. The highest BCUT2D eigenvalue weighted by Crippen LogP contribution is 2.30. The number of aliphatic hydroxyl groups is 1. The third-order valence-electron chi connectivity index (χ3n) is 3.31. The molecule has 19 heavy (non-hydrogen) atoms. The number of nitrogens with one attached hydrogen (secondary N) is 2. The lowest BCUT2D eigenvalue weighted by Crippen LogP contribution is -2.49. The van der Waals surface area contributed by atoms with Crippen LogP contribution in [0.15, 0.2) is 22.7 Å². The molecule has 0 atom stereocenters. The predicted octanol–water partition coefficient (Wildman–Crippen LogP) is 2.30. The number of rotatable bonds is 4. The first-order valence-electron chi connectivity index (χ1n) is 6.17. The van der Waals surface area contributed by atoms with E-state index in [1.807, 2.05) is 0 Å². The summed E-state index contributed by atoms with van der Waals surface area (Å²) in [5.41, 5.74) is -0.0749. The van der Waals surface area contributed by atoms with Crippen molar-refractivity contribution in [3.63, 3.8) is 0 Å². The van der Waals surface area contributed by atoms with Gasteiger partial charge in [0.15, 0.2) is 0 Å². The molecule has 2 amide bonds. The van der Waals surface area contributed by atoms with E-state index in [0.29, 0.717) is 5.56 Å². The van der Waals surface area contributed by atoms with Gasteiger partial charge in [-0.3, -0.25) is 0 Å². The van der Waals surface area contributed by atoms with E-state index in [1.165, 1.54) is 12.1 Å². The van der Waals surface area contributed by atoms with E-state index >= 15 is 0 Å². The van der Waals surface area contributed by atoms with Crippen molar-refractivity contribution in [3.8, 4) is 0 Å². The van der Waals surface area contributed by atoms with Gasteiger partial charge in [-0.2, -0.15) is 0 Å². The largest absolute Gasteiger partial charge is 0.388 e. The van der Waals surface area contributed by atoms with E-state index in [0.717, 1.165) is 23.7 Å². The van der Waals surface area contributed by atoms with Crippen molar-refractivity contribution in [1.82, 2.24) is 10.6 Å². The Balaban J connectivity index is 1.78. The maximum absolute atomic E-state index is 13.0. The van der Waals surface area contributed by atoms with Crippen molar-refractivity contribution in [2.24, 2.45) is 0 Å². The molecule has 0 aliphatic heterocycles. The van der Waals surface area contributed by atoms with Crippen LogP contribution in [0.5, 0.6) is 0 Å². The quantitative estimate of drug-likeness (QED) is 0.793. The fourth-order valence-corrected chi connectivity index (χ4v) is 2.31. The summed E-state index contributed by atoms with van der Waals surface area (Å²) in [6.07, 6.45) is 2.45. The van der Waals surface area contributed by atoms with Gasteiger partial charge in [0.1, 0.15) is 5.82 Å². The minimum Gasteiger partial charge on any atom is -0.388 e. The Morgan fingerprint density at radius 1 is 1.42 bits per heavy atom. The van der Waals surface area contributed by atoms with E-state index in [1.54, 1.807) is 6.07 Å². The van der Waals surface area contributed by atoms with Gasteiger partial charge in [0.25, 0.3) is 0 Å².